The van der Waals surface area contributed by atoms with E-state index in [2.05, 4.69) is 15.9 Å². The minimum absolute atomic E-state index is 0.00739. The molecular weight excluding hydrogens is 382 g/mol. The zero-order valence-corrected chi connectivity index (χ0v) is 14.7. The van der Waals surface area contributed by atoms with Crippen molar-refractivity contribution in [3.8, 4) is 0 Å². The third-order valence-electron chi connectivity index (χ3n) is 3.89. The first-order valence-electron chi connectivity index (χ1n) is 7.25. The number of hydrogen-bond acceptors (Lipinski definition) is 4. The van der Waals surface area contributed by atoms with E-state index >= 15 is 0 Å². The molecule has 0 spiro atoms. The van der Waals surface area contributed by atoms with Gasteiger partial charge in [0.2, 0.25) is 0 Å². The van der Waals surface area contributed by atoms with Gasteiger partial charge >= 0.3 is 0 Å². The predicted octanol–water partition coefficient (Wildman–Crippen LogP) is 2.87. The zero-order valence-electron chi connectivity index (χ0n) is 12.3. The van der Waals surface area contributed by atoms with Gasteiger partial charge in [0.1, 0.15) is 5.76 Å². The highest BCUT2D eigenvalue weighted by molar-refractivity contribution is 9.10. The second-order valence-electron chi connectivity index (χ2n) is 5.56. The molecule has 3 rings (SSSR count). The van der Waals surface area contributed by atoms with Crippen LogP contribution in [0.2, 0.25) is 0 Å². The normalized spacial score (nSPS) is 19.6. The molecule has 1 atom stereocenters. The van der Waals surface area contributed by atoms with Crippen LogP contribution < -0.4 is 0 Å². The van der Waals surface area contributed by atoms with E-state index in [0.717, 1.165) is 0 Å². The number of furan rings is 1. The maximum absolute atomic E-state index is 12.8. The average Bonchev–Trinajstić information content (AvgIpc) is 3.10. The molecule has 1 aliphatic heterocycles. The molecule has 0 radical (unpaired) electrons. The van der Waals surface area contributed by atoms with E-state index in [1.165, 1.54) is 0 Å². The Morgan fingerprint density at radius 1 is 1.22 bits per heavy atom. The Morgan fingerprint density at radius 3 is 2.52 bits per heavy atom. The Morgan fingerprint density at radius 2 is 1.96 bits per heavy atom. The Hall–Kier alpha value is -1.60. The van der Waals surface area contributed by atoms with E-state index in [-0.39, 0.29) is 30.0 Å². The molecule has 0 N–H and O–H groups in total. The highest BCUT2D eigenvalue weighted by atomic mass is 79.9. The van der Waals surface area contributed by atoms with Gasteiger partial charge in [-0.3, -0.25) is 4.79 Å². The third kappa shape index (κ3) is 3.84. The van der Waals surface area contributed by atoms with Gasteiger partial charge in [0.15, 0.2) is 14.5 Å². The lowest BCUT2D eigenvalue weighted by Crippen LogP contribution is -2.40. The van der Waals surface area contributed by atoms with E-state index in [0.29, 0.717) is 22.4 Å². The first-order valence-corrected chi connectivity index (χ1v) is 9.87. The lowest BCUT2D eigenvalue weighted by molar-refractivity contribution is 0.0665. The highest BCUT2D eigenvalue weighted by Crippen LogP contribution is 2.24. The van der Waals surface area contributed by atoms with Crippen LogP contribution in [0.4, 0.5) is 0 Å². The number of carbonyl (C=O) groups is 1. The standard InChI is InChI=1S/C16H16BrNO4S/c17-15-7-6-14(22-15)10-18(13-8-9-23(20,21)11-13)16(19)12-4-2-1-3-5-12/h1-7,13H,8-11H2. The summed E-state index contributed by atoms with van der Waals surface area (Å²) in [6.07, 6.45) is 0.461. The molecule has 1 aromatic carbocycles. The maximum atomic E-state index is 12.8. The molecule has 1 aromatic heterocycles. The Balaban J connectivity index is 1.88. The van der Waals surface area contributed by atoms with Gasteiger partial charge in [0, 0.05) is 11.6 Å². The molecule has 23 heavy (non-hydrogen) atoms. The molecule has 0 aliphatic carbocycles. The summed E-state index contributed by atoms with van der Waals surface area (Å²) in [4.78, 5) is 14.4. The third-order valence-corrected chi connectivity index (χ3v) is 6.06. The van der Waals surface area contributed by atoms with Gasteiger partial charge in [-0.1, -0.05) is 18.2 Å². The Kier molecular flexibility index (Phi) is 4.59. The smallest absolute Gasteiger partial charge is 0.254 e. The van der Waals surface area contributed by atoms with Gasteiger partial charge in [-0.25, -0.2) is 8.42 Å². The van der Waals surface area contributed by atoms with Crippen molar-refractivity contribution >= 4 is 31.7 Å². The van der Waals surface area contributed by atoms with E-state index in [1.54, 1.807) is 41.3 Å². The van der Waals surface area contributed by atoms with Crippen molar-refractivity contribution in [1.29, 1.82) is 0 Å². The number of carbonyl (C=O) groups excluding carboxylic acids is 1. The molecule has 122 valence electrons. The molecule has 5 nitrogen and oxygen atoms in total. The first-order chi connectivity index (χ1) is 10.9. The van der Waals surface area contributed by atoms with Gasteiger partial charge in [-0.15, -0.1) is 0 Å². The van der Waals surface area contributed by atoms with E-state index in [9.17, 15) is 13.2 Å². The van der Waals surface area contributed by atoms with Crippen LogP contribution in [0.5, 0.6) is 0 Å². The molecule has 0 bridgehead atoms. The fraction of sp³-hybridized carbons (Fsp3) is 0.312. The van der Waals surface area contributed by atoms with E-state index < -0.39 is 9.84 Å². The molecular formula is C16H16BrNO4S. The zero-order chi connectivity index (χ0) is 16.4. The largest absolute Gasteiger partial charge is 0.452 e. The topological polar surface area (TPSA) is 67.6 Å². The first kappa shape index (κ1) is 16.3. The van der Waals surface area contributed by atoms with Crippen LogP contribution in [0.15, 0.2) is 51.6 Å². The van der Waals surface area contributed by atoms with Crippen LogP contribution in [0.25, 0.3) is 0 Å². The second kappa shape index (κ2) is 6.49. The van der Waals surface area contributed by atoms with Gasteiger partial charge < -0.3 is 9.32 Å². The summed E-state index contributed by atoms with van der Waals surface area (Å²) in [5, 5.41) is 0. The number of amides is 1. The summed E-state index contributed by atoms with van der Waals surface area (Å²) >= 11 is 3.24. The molecule has 7 heteroatoms. The summed E-state index contributed by atoms with van der Waals surface area (Å²) in [6, 6.07) is 12.1. The van der Waals surface area contributed by atoms with Gasteiger partial charge in [-0.05, 0) is 46.6 Å². The van der Waals surface area contributed by atoms with Gasteiger partial charge in [0.05, 0.1) is 18.1 Å². The fourth-order valence-corrected chi connectivity index (χ4v) is 4.81. The van der Waals surface area contributed by atoms with Crippen LogP contribution in [0.1, 0.15) is 22.5 Å². The quantitative estimate of drug-likeness (QED) is 0.795. The molecule has 2 aromatic rings. The molecule has 1 aliphatic rings. The number of halogens is 1. The van der Waals surface area contributed by atoms with Crippen molar-refractivity contribution in [2.45, 2.75) is 19.0 Å². The number of benzene rings is 1. The summed E-state index contributed by atoms with van der Waals surface area (Å²) in [5.41, 5.74) is 0.544. The number of hydrogen-bond donors (Lipinski definition) is 0. The van der Waals surface area contributed by atoms with Crippen molar-refractivity contribution in [1.82, 2.24) is 4.90 Å². The summed E-state index contributed by atoms with van der Waals surface area (Å²) in [6.45, 7) is 0.250. The number of nitrogens with zero attached hydrogens (tertiary/aromatic N) is 1. The minimum atomic E-state index is -3.08. The fourth-order valence-electron chi connectivity index (χ4n) is 2.74. The lowest BCUT2D eigenvalue weighted by atomic mass is 10.1. The number of sulfone groups is 1. The molecule has 1 amide bonds. The van der Waals surface area contributed by atoms with Crippen molar-refractivity contribution in [2.75, 3.05) is 11.5 Å². The molecule has 1 fully saturated rings. The predicted molar refractivity (Wildman–Crippen MR) is 89.8 cm³/mol. The van der Waals surface area contributed by atoms with Crippen LogP contribution >= 0.6 is 15.9 Å². The van der Waals surface area contributed by atoms with Crippen LogP contribution in [-0.2, 0) is 16.4 Å². The van der Waals surface area contributed by atoms with E-state index in [4.69, 9.17) is 4.42 Å². The monoisotopic (exact) mass is 397 g/mol. The molecule has 0 saturated carbocycles. The van der Waals surface area contributed by atoms with Gasteiger partial charge in [-0.2, -0.15) is 0 Å². The van der Waals surface area contributed by atoms with Crippen LogP contribution in [0.3, 0.4) is 0 Å². The molecule has 1 unspecified atom stereocenters. The Labute approximate surface area is 143 Å². The second-order valence-corrected chi connectivity index (χ2v) is 8.57. The van der Waals surface area contributed by atoms with Crippen LogP contribution in [-0.4, -0.2) is 36.8 Å². The van der Waals surface area contributed by atoms with Crippen LogP contribution in [0, 0.1) is 0 Å². The maximum Gasteiger partial charge on any atom is 0.254 e. The summed E-state index contributed by atoms with van der Waals surface area (Å²) in [5.74, 6) is 0.566. The molecule has 2 heterocycles. The minimum Gasteiger partial charge on any atom is -0.452 e. The SMILES string of the molecule is O=C(c1ccccc1)N(Cc1ccc(Br)o1)C1CCS(=O)(=O)C1. The lowest BCUT2D eigenvalue weighted by Gasteiger charge is -2.27. The van der Waals surface area contributed by atoms with Crippen molar-refractivity contribution in [3.05, 3.63) is 58.5 Å². The van der Waals surface area contributed by atoms with Crippen molar-refractivity contribution < 1.29 is 17.6 Å². The summed E-state index contributed by atoms with van der Waals surface area (Å²) < 4.78 is 29.7. The Bertz CT molecular complexity index is 800. The van der Waals surface area contributed by atoms with E-state index in [1.807, 2.05) is 6.07 Å². The average molecular weight is 398 g/mol. The highest BCUT2D eigenvalue weighted by Gasteiger charge is 2.35. The molecule has 1 saturated heterocycles. The summed E-state index contributed by atoms with van der Waals surface area (Å²) in [7, 11) is -3.08. The number of rotatable bonds is 4. The van der Waals surface area contributed by atoms with Gasteiger partial charge in [0.25, 0.3) is 5.91 Å². The van der Waals surface area contributed by atoms with Crippen molar-refractivity contribution in [2.24, 2.45) is 0 Å². The van der Waals surface area contributed by atoms with Crippen molar-refractivity contribution in [3.63, 3.8) is 0 Å².